The van der Waals surface area contributed by atoms with Crippen LogP contribution in [0.15, 0.2) is 0 Å². The zero-order valence-corrected chi connectivity index (χ0v) is 12.1. The fraction of sp³-hybridized carbons (Fsp3) is 0.867. The minimum atomic E-state index is 0.129. The number of unbranched alkanes of at least 4 members (excludes halogenated alkanes) is 1. The molecule has 0 saturated carbocycles. The van der Waals surface area contributed by atoms with Crippen molar-refractivity contribution in [3.63, 3.8) is 0 Å². The van der Waals surface area contributed by atoms with Gasteiger partial charge in [0.2, 0.25) is 5.91 Å². The monoisotopic (exact) mass is 253 g/mol. The maximum absolute atomic E-state index is 11.9. The summed E-state index contributed by atoms with van der Waals surface area (Å²) in [7, 11) is 0. The number of likely N-dealkylation sites (tertiary alicyclic amines) is 1. The van der Waals surface area contributed by atoms with Gasteiger partial charge in [-0.15, -0.1) is 0 Å². The lowest BCUT2D eigenvalue weighted by molar-refractivity contribution is -0.132. The zero-order chi connectivity index (χ0) is 13.5. The van der Waals surface area contributed by atoms with Crippen molar-refractivity contribution < 1.29 is 9.59 Å². The quantitative estimate of drug-likeness (QED) is 0.682. The third-order valence-corrected chi connectivity index (χ3v) is 3.84. The summed E-state index contributed by atoms with van der Waals surface area (Å²) < 4.78 is 0. The van der Waals surface area contributed by atoms with Crippen LogP contribution in [0.2, 0.25) is 0 Å². The molecule has 1 rings (SSSR count). The first-order valence-corrected chi connectivity index (χ1v) is 7.31. The molecule has 0 aromatic carbocycles. The van der Waals surface area contributed by atoms with Crippen LogP contribution in [0.5, 0.6) is 0 Å². The lowest BCUT2D eigenvalue weighted by atomic mass is 9.98. The summed E-state index contributed by atoms with van der Waals surface area (Å²) in [5.41, 5.74) is 0. The molecule has 1 fully saturated rings. The van der Waals surface area contributed by atoms with E-state index in [1.165, 1.54) is 0 Å². The van der Waals surface area contributed by atoms with Gasteiger partial charge in [0.1, 0.15) is 5.78 Å². The van der Waals surface area contributed by atoms with E-state index >= 15 is 0 Å². The number of carbonyl (C=O) groups is 2. The van der Waals surface area contributed by atoms with Crippen LogP contribution in [0.25, 0.3) is 0 Å². The van der Waals surface area contributed by atoms with Crippen molar-refractivity contribution in [2.24, 2.45) is 11.8 Å². The van der Waals surface area contributed by atoms with E-state index in [1.807, 2.05) is 18.7 Å². The van der Waals surface area contributed by atoms with Crippen molar-refractivity contribution in [2.45, 2.75) is 59.3 Å². The van der Waals surface area contributed by atoms with E-state index in [4.69, 9.17) is 0 Å². The Morgan fingerprint density at radius 3 is 2.22 bits per heavy atom. The maximum atomic E-state index is 11.9. The molecule has 0 aromatic rings. The topological polar surface area (TPSA) is 37.4 Å². The Morgan fingerprint density at radius 2 is 1.67 bits per heavy atom. The van der Waals surface area contributed by atoms with Crippen LogP contribution in [-0.2, 0) is 9.59 Å². The third kappa shape index (κ3) is 5.19. The van der Waals surface area contributed by atoms with Crippen LogP contribution in [0.4, 0.5) is 0 Å². The molecule has 0 aliphatic carbocycles. The van der Waals surface area contributed by atoms with Crippen molar-refractivity contribution in [1.29, 1.82) is 0 Å². The number of Topliss-reactive ketones (excluding diaryl/α,β-unsaturated/α-hetero) is 1. The van der Waals surface area contributed by atoms with Gasteiger partial charge in [0.25, 0.3) is 0 Å². The minimum absolute atomic E-state index is 0.129. The van der Waals surface area contributed by atoms with Crippen LogP contribution in [0.3, 0.4) is 0 Å². The standard InChI is InChI=1S/C15H27NO2/c1-12(2)14(17)6-4-5-7-15(18)16-10-8-13(3)9-11-16/h12-13H,4-11H2,1-3H3. The van der Waals surface area contributed by atoms with Gasteiger partial charge in [-0.1, -0.05) is 20.8 Å². The van der Waals surface area contributed by atoms with Crippen LogP contribution in [-0.4, -0.2) is 29.7 Å². The van der Waals surface area contributed by atoms with Gasteiger partial charge in [-0.3, -0.25) is 9.59 Å². The maximum Gasteiger partial charge on any atom is 0.222 e. The Kier molecular flexibility index (Phi) is 6.37. The minimum Gasteiger partial charge on any atom is -0.343 e. The van der Waals surface area contributed by atoms with E-state index in [0.29, 0.717) is 18.6 Å². The second-order valence-electron chi connectivity index (χ2n) is 5.89. The highest BCUT2D eigenvalue weighted by atomic mass is 16.2. The molecule has 3 nitrogen and oxygen atoms in total. The summed E-state index contributed by atoms with van der Waals surface area (Å²) in [5, 5.41) is 0. The first kappa shape index (κ1) is 15.2. The van der Waals surface area contributed by atoms with Gasteiger partial charge in [0.15, 0.2) is 0 Å². The normalized spacial score (nSPS) is 17.2. The average Bonchev–Trinajstić information content (AvgIpc) is 2.34. The van der Waals surface area contributed by atoms with Crippen molar-refractivity contribution >= 4 is 11.7 Å². The Bertz CT molecular complexity index is 278. The summed E-state index contributed by atoms with van der Waals surface area (Å²) >= 11 is 0. The van der Waals surface area contributed by atoms with Crippen molar-refractivity contribution in [1.82, 2.24) is 4.90 Å². The van der Waals surface area contributed by atoms with Crippen molar-refractivity contribution in [3.8, 4) is 0 Å². The molecule has 0 N–H and O–H groups in total. The molecule has 3 heteroatoms. The number of amides is 1. The molecule has 1 saturated heterocycles. The lowest BCUT2D eigenvalue weighted by Crippen LogP contribution is -2.37. The second-order valence-corrected chi connectivity index (χ2v) is 5.89. The van der Waals surface area contributed by atoms with Gasteiger partial charge >= 0.3 is 0 Å². The Balaban J connectivity index is 2.12. The molecule has 1 aliphatic heterocycles. The van der Waals surface area contributed by atoms with Gasteiger partial charge in [-0.25, -0.2) is 0 Å². The number of rotatable bonds is 6. The van der Waals surface area contributed by atoms with E-state index in [1.54, 1.807) is 0 Å². The molecular formula is C15H27NO2. The second kappa shape index (κ2) is 7.55. The van der Waals surface area contributed by atoms with Gasteiger partial charge in [-0.2, -0.15) is 0 Å². The molecule has 1 heterocycles. The summed E-state index contributed by atoms with van der Waals surface area (Å²) in [6, 6.07) is 0. The number of carbonyl (C=O) groups excluding carboxylic acids is 2. The number of piperidine rings is 1. The fourth-order valence-corrected chi connectivity index (χ4v) is 2.28. The smallest absolute Gasteiger partial charge is 0.222 e. The first-order valence-electron chi connectivity index (χ1n) is 7.31. The number of hydrogen-bond acceptors (Lipinski definition) is 2. The van der Waals surface area contributed by atoms with E-state index in [-0.39, 0.29) is 11.8 Å². The predicted molar refractivity (Wildman–Crippen MR) is 73.3 cm³/mol. The molecule has 0 unspecified atom stereocenters. The molecular weight excluding hydrogens is 226 g/mol. The molecule has 0 atom stereocenters. The number of ketones is 1. The lowest BCUT2D eigenvalue weighted by Gasteiger charge is -2.30. The third-order valence-electron chi connectivity index (χ3n) is 3.84. The summed E-state index contributed by atoms with van der Waals surface area (Å²) in [4.78, 5) is 25.3. The molecule has 18 heavy (non-hydrogen) atoms. The highest BCUT2D eigenvalue weighted by molar-refractivity contribution is 5.80. The van der Waals surface area contributed by atoms with E-state index in [0.717, 1.165) is 44.7 Å². The summed E-state index contributed by atoms with van der Waals surface area (Å²) in [6.07, 6.45) is 5.22. The van der Waals surface area contributed by atoms with Gasteiger partial charge in [0, 0.05) is 31.8 Å². The van der Waals surface area contributed by atoms with Crippen molar-refractivity contribution in [3.05, 3.63) is 0 Å². The van der Waals surface area contributed by atoms with Crippen LogP contribution >= 0.6 is 0 Å². The van der Waals surface area contributed by atoms with Crippen LogP contribution < -0.4 is 0 Å². The molecule has 1 amide bonds. The van der Waals surface area contributed by atoms with Gasteiger partial charge in [0.05, 0.1) is 0 Å². The van der Waals surface area contributed by atoms with E-state index in [9.17, 15) is 9.59 Å². The SMILES string of the molecule is CC1CCN(C(=O)CCCCC(=O)C(C)C)CC1. The van der Waals surface area contributed by atoms with Gasteiger partial charge < -0.3 is 4.90 Å². The number of hydrogen-bond donors (Lipinski definition) is 0. The Labute approximate surface area is 111 Å². The highest BCUT2D eigenvalue weighted by Crippen LogP contribution is 2.17. The molecule has 0 bridgehead atoms. The molecule has 0 spiro atoms. The molecule has 1 aliphatic rings. The van der Waals surface area contributed by atoms with Crippen molar-refractivity contribution in [2.75, 3.05) is 13.1 Å². The Hall–Kier alpha value is -0.860. The van der Waals surface area contributed by atoms with Crippen LogP contribution in [0.1, 0.15) is 59.3 Å². The fourth-order valence-electron chi connectivity index (χ4n) is 2.28. The molecule has 0 radical (unpaired) electrons. The van der Waals surface area contributed by atoms with E-state index < -0.39 is 0 Å². The highest BCUT2D eigenvalue weighted by Gasteiger charge is 2.19. The zero-order valence-electron chi connectivity index (χ0n) is 12.1. The Morgan fingerprint density at radius 1 is 1.11 bits per heavy atom. The van der Waals surface area contributed by atoms with Crippen LogP contribution in [0, 0.1) is 11.8 Å². The predicted octanol–water partition coefficient (Wildman–Crippen LogP) is 3.03. The summed E-state index contributed by atoms with van der Waals surface area (Å²) in [5.74, 6) is 1.48. The summed E-state index contributed by atoms with van der Waals surface area (Å²) in [6.45, 7) is 7.96. The largest absolute Gasteiger partial charge is 0.343 e. The number of nitrogens with zero attached hydrogens (tertiary/aromatic N) is 1. The average molecular weight is 253 g/mol. The molecule has 0 aromatic heterocycles. The molecule has 104 valence electrons. The first-order chi connectivity index (χ1) is 8.50. The van der Waals surface area contributed by atoms with E-state index in [2.05, 4.69) is 6.92 Å². The van der Waals surface area contributed by atoms with Gasteiger partial charge in [-0.05, 0) is 31.6 Å².